The highest BCUT2D eigenvalue weighted by Crippen LogP contribution is 2.42. The zero-order valence-corrected chi connectivity index (χ0v) is 20.7. The number of aromatic amines is 1. The number of nitrogens with one attached hydrogen (secondary N) is 2. The Bertz CT molecular complexity index is 1250. The summed E-state index contributed by atoms with van der Waals surface area (Å²) >= 11 is 0. The lowest BCUT2D eigenvalue weighted by Gasteiger charge is -2.38. The van der Waals surface area contributed by atoms with Gasteiger partial charge in [0.2, 0.25) is 6.29 Å². The monoisotopic (exact) mass is 569 g/mol. The van der Waals surface area contributed by atoms with E-state index in [1.807, 2.05) is 0 Å². The van der Waals surface area contributed by atoms with Gasteiger partial charge in [0, 0.05) is 12.3 Å². The van der Waals surface area contributed by atoms with E-state index in [1.165, 1.54) is 10.9 Å². The van der Waals surface area contributed by atoms with Gasteiger partial charge in [0.25, 0.3) is 5.56 Å². The topological polar surface area (TPSA) is 254 Å². The Morgan fingerprint density at radius 1 is 1.11 bits per heavy atom. The van der Waals surface area contributed by atoms with E-state index in [-0.39, 0.29) is 0 Å². The summed E-state index contributed by atoms with van der Waals surface area (Å²) in [4.78, 5) is 37.8. The van der Waals surface area contributed by atoms with Crippen LogP contribution in [-0.4, -0.2) is 113 Å². The van der Waals surface area contributed by atoms with Gasteiger partial charge in [-0.25, -0.2) is 9.59 Å². The van der Waals surface area contributed by atoms with Gasteiger partial charge >= 0.3 is 22.1 Å². The van der Waals surface area contributed by atoms with E-state index in [0.29, 0.717) is 0 Å². The molecule has 38 heavy (non-hydrogen) atoms. The SMILES string of the molecule is CC1(C)O[C@@H]2[C@H](O1)[C@@H](COS(=O)(=O)NC(=O)OC1O[C@H](CO)[C@@H](O)[C@H](O)[C@H]1O)O[C@H]2n1ccc(=O)[nH]c1=O. The van der Waals surface area contributed by atoms with Gasteiger partial charge in [-0.2, -0.15) is 13.1 Å². The average Bonchev–Trinajstić information content (AvgIpc) is 3.30. The minimum absolute atomic E-state index is 0.641. The number of nitrogens with zero attached hydrogens (tertiary/aromatic N) is 1. The largest absolute Gasteiger partial charge is 0.425 e. The number of aliphatic hydroxyl groups is 4. The lowest BCUT2D eigenvalue weighted by atomic mass is 9.99. The van der Waals surface area contributed by atoms with Crippen LogP contribution >= 0.6 is 0 Å². The number of carbonyl (C=O) groups is 1. The average molecular weight is 569 g/mol. The van der Waals surface area contributed by atoms with E-state index in [1.54, 1.807) is 13.8 Å². The molecule has 6 N–H and O–H groups in total. The van der Waals surface area contributed by atoms with Crippen molar-refractivity contribution in [1.82, 2.24) is 14.3 Å². The zero-order valence-electron chi connectivity index (χ0n) is 19.9. The number of fused-ring (bicyclic) bond motifs is 1. The van der Waals surface area contributed by atoms with E-state index >= 15 is 0 Å². The molecule has 0 aliphatic carbocycles. The van der Waals surface area contributed by atoms with Gasteiger partial charge in [-0.15, -0.1) is 0 Å². The molecule has 3 aliphatic rings. The van der Waals surface area contributed by atoms with E-state index in [4.69, 9.17) is 23.1 Å². The van der Waals surface area contributed by atoms with Gasteiger partial charge < -0.3 is 44.1 Å². The van der Waals surface area contributed by atoms with Crippen molar-refractivity contribution in [2.75, 3.05) is 13.2 Å². The van der Waals surface area contributed by atoms with Gasteiger partial charge in [0.1, 0.15) is 42.7 Å². The maximum Gasteiger partial charge on any atom is 0.425 e. The Balaban J connectivity index is 1.39. The summed E-state index contributed by atoms with van der Waals surface area (Å²) in [6, 6.07) is 1.08. The second kappa shape index (κ2) is 10.6. The predicted molar refractivity (Wildman–Crippen MR) is 117 cm³/mol. The quantitative estimate of drug-likeness (QED) is 0.182. The summed E-state index contributed by atoms with van der Waals surface area (Å²) < 4.78 is 58.8. The number of hydrogen-bond acceptors (Lipinski definition) is 15. The molecule has 0 spiro atoms. The molecule has 4 heterocycles. The van der Waals surface area contributed by atoms with Crippen molar-refractivity contribution < 1.29 is 61.5 Å². The highest BCUT2D eigenvalue weighted by molar-refractivity contribution is 7.85. The third-order valence-electron chi connectivity index (χ3n) is 5.92. The number of rotatable bonds is 7. The summed E-state index contributed by atoms with van der Waals surface area (Å²) in [5, 5.41) is 38.6. The molecule has 1 amide bonds. The Morgan fingerprint density at radius 2 is 1.79 bits per heavy atom. The molecule has 214 valence electrons. The Labute approximate surface area is 213 Å². The van der Waals surface area contributed by atoms with Crippen molar-refractivity contribution >= 4 is 16.4 Å². The van der Waals surface area contributed by atoms with Gasteiger partial charge in [-0.1, -0.05) is 0 Å². The molecule has 18 nitrogen and oxygen atoms in total. The minimum Gasteiger partial charge on any atom is -0.416 e. The Kier molecular flexibility index (Phi) is 7.96. The second-order valence-electron chi connectivity index (χ2n) is 9.09. The van der Waals surface area contributed by atoms with Crippen LogP contribution in [0.2, 0.25) is 0 Å². The number of H-pyrrole nitrogens is 1. The first kappa shape index (κ1) is 28.5. The van der Waals surface area contributed by atoms with E-state index < -0.39 is 102 Å². The van der Waals surface area contributed by atoms with Gasteiger partial charge in [-0.05, 0) is 13.8 Å². The third kappa shape index (κ3) is 5.91. The van der Waals surface area contributed by atoms with Crippen LogP contribution < -0.4 is 16.0 Å². The molecule has 1 aromatic heterocycles. The van der Waals surface area contributed by atoms with Crippen LogP contribution in [-0.2, 0) is 38.2 Å². The van der Waals surface area contributed by atoms with Gasteiger partial charge in [0.15, 0.2) is 12.0 Å². The highest BCUT2D eigenvalue weighted by atomic mass is 32.2. The predicted octanol–water partition coefficient (Wildman–Crippen LogP) is -4.26. The number of aromatic nitrogens is 2. The molecular weight excluding hydrogens is 542 g/mol. The van der Waals surface area contributed by atoms with Crippen LogP contribution in [0.1, 0.15) is 20.1 Å². The number of amides is 1. The highest BCUT2D eigenvalue weighted by Gasteiger charge is 2.56. The second-order valence-corrected chi connectivity index (χ2v) is 10.4. The molecule has 9 atom stereocenters. The molecule has 3 aliphatic heterocycles. The summed E-state index contributed by atoms with van der Waals surface area (Å²) in [5.74, 6) is -1.13. The molecule has 4 rings (SSSR count). The standard InChI is InChI=1S/C19H27N3O15S/c1-19(2)36-13-8(33-15(14(13)37-19)22-4-3-9(24)20-17(22)28)6-32-38(30,31)21-18(29)35-16-12(27)11(26)10(25)7(5-23)34-16/h3-4,7-8,10-16,23,25-27H,5-6H2,1-2H3,(H,21,29)(H,20,24,28)/t7-,8-,10-,11+,12-,13-,14-,15-,16?/m1/s1. The third-order valence-corrected chi connectivity index (χ3v) is 6.78. The lowest BCUT2D eigenvalue weighted by Crippen LogP contribution is -2.60. The van der Waals surface area contributed by atoms with Crippen molar-refractivity contribution in [2.24, 2.45) is 0 Å². The first-order chi connectivity index (χ1) is 17.7. The molecule has 1 unspecified atom stereocenters. The summed E-state index contributed by atoms with van der Waals surface area (Å²) in [5.41, 5.74) is -1.45. The molecule has 3 fully saturated rings. The fraction of sp³-hybridized carbons (Fsp3) is 0.737. The van der Waals surface area contributed by atoms with Crippen molar-refractivity contribution in [1.29, 1.82) is 0 Å². The van der Waals surface area contributed by atoms with Crippen LogP contribution in [0.3, 0.4) is 0 Å². The molecule has 0 bridgehead atoms. The smallest absolute Gasteiger partial charge is 0.416 e. The van der Waals surface area contributed by atoms with E-state index in [9.17, 15) is 43.2 Å². The molecule has 1 aromatic rings. The van der Waals surface area contributed by atoms with Gasteiger partial charge in [0.05, 0.1) is 13.2 Å². The van der Waals surface area contributed by atoms with Crippen molar-refractivity contribution in [3.63, 3.8) is 0 Å². The first-order valence-electron chi connectivity index (χ1n) is 11.2. The van der Waals surface area contributed by atoms with Crippen LogP contribution in [0.25, 0.3) is 0 Å². The fourth-order valence-electron chi connectivity index (χ4n) is 4.23. The lowest BCUT2D eigenvalue weighted by molar-refractivity contribution is -0.284. The van der Waals surface area contributed by atoms with Crippen LogP contribution in [0.5, 0.6) is 0 Å². The number of carbonyl (C=O) groups excluding carboxylic acids is 1. The summed E-state index contributed by atoms with van der Waals surface area (Å²) in [7, 11) is -4.85. The van der Waals surface area contributed by atoms with Crippen LogP contribution in [0, 0.1) is 0 Å². The Morgan fingerprint density at radius 3 is 2.45 bits per heavy atom. The first-order valence-corrected chi connectivity index (χ1v) is 12.6. The van der Waals surface area contributed by atoms with Crippen LogP contribution in [0.4, 0.5) is 4.79 Å². The molecule has 0 aromatic carbocycles. The normalized spacial score (nSPS) is 36.5. The van der Waals surface area contributed by atoms with Crippen molar-refractivity contribution in [3.05, 3.63) is 33.1 Å². The van der Waals surface area contributed by atoms with E-state index in [2.05, 4.69) is 9.72 Å². The van der Waals surface area contributed by atoms with Crippen molar-refractivity contribution in [2.45, 2.75) is 74.9 Å². The molecule has 19 heteroatoms. The molecule has 3 saturated heterocycles. The van der Waals surface area contributed by atoms with Gasteiger partial charge in [-0.3, -0.25) is 18.5 Å². The molecule has 0 radical (unpaired) electrons. The number of ether oxygens (including phenoxy) is 5. The molecular formula is C19H27N3O15S. The van der Waals surface area contributed by atoms with Crippen LogP contribution in [0.15, 0.2) is 21.9 Å². The minimum atomic E-state index is -4.85. The van der Waals surface area contributed by atoms with Crippen molar-refractivity contribution in [3.8, 4) is 0 Å². The summed E-state index contributed by atoms with van der Waals surface area (Å²) in [6.45, 7) is 1.66. The zero-order chi connectivity index (χ0) is 28.0. The number of aliphatic hydroxyl groups excluding tert-OH is 4. The van der Waals surface area contributed by atoms with E-state index in [0.717, 1.165) is 10.6 Å². The summed E-state index contributed by atoms with van der Waals surface area (Å²) in [6.07, 6.45) is -13.4. The number of hydrogen-bond donors (Lipinski definition) is 6. The fourth-order valence-corrected chi connectivity index (χ4v) is 4.85. The molecule has 0 saturated carbocycles. The maximum atomic E-state index is 12.3. The Hall–Kier alpha value is -2.46. The maximum absolute atomic E-state index is 12.3.